The van der Waals surface area contributed by atoms with E-state index in [1.807, 2.05) is 0 Å². The Morgan fingerprint density at radius 3 is 2.45 bits per heavy atom. The molecule has 1 aromatic carbocycles. The van der Waals surface area contributed by atoms with E-state index in [0.29, 0.717) is 5.92 Å². The van der Waals surface area contributed by atoms with Crippen LogP contribution in [0.5, 0.6) is 0 Å². The zero-order valence-electron chi connectivity index (χ0n) is 13.4. The van der Waals surface area contributed by atoms with Gasteiger partial charge >= 0.3 is 0 Å². The van der Waals surface area contributed by atoms with E-state index in [1.165, 1.54) is 36.9 Å². The van der Waals surface area contributed by atoms with E-state index in [-0.39, 0.29) is 0 Å². The van der Waals surface area contributed by atoms with Crippen LogP contribution in [0.1, 0.15) is 57.1 Å². The first kappa shape index (κ1) is 15.5. The monoisotopic (exact) mass is 274 g/mol. The van der Waals surface area contributed by atoms with Gasteiger partial charge in [-0.25, -0.2) is 0 Å². The smallest absolute Gasteiger partial charge is 0.0233 e. The quantitative estimate of drug-likeness (QED) is 0.737. The first-order valence-electron chi connectivity index (χ1n) is 8.27. The van der Waals surface area contributed by atoms with Crippen LogP contribution in [0.15, 0.2) is 24.3 Å². The van der Waals surface area contributed by atoms with Crippen molar-refractivity contribution in [2.24, 2.45) is 0 Å². The second kappa shape index (κ2) is 7.80. The third-order valence-corrected chi connectivity index (χ3v) is 4.23. The van der Waals surface area contributed by atoms with Crippen LogP contribution in [0.25, 0.3) is 0 Å². The molecule has 1 aliphatic rings. The molecule has 0 amide bonds. The molecule has 0 bridgehead atoms. The molecule has 2 nitrogen and oxygen atoms in total. The molecule has 0 spiro atoms. The summed E-state index contributed by atoms with van der Waals surface area (Å²) in [5, 5.41) is 3.62. The summed E-state index contributed by atoms with van der Waals surface area (Å²) in [5.41, 5.74) is 2.90. The van der Waals surface area contributed by atoms with E-state index in [1.54, 1.807) is 0 Å². The SMILES string of the molecule is CCCN(CC)Cc1ccc(C(C)CNC2CC2)cc1. The molecule has 1 aliphatic carbocycles. The van der Waals surface area contributed by atoms with E-state index in [9.17, 15) is 0 Å². The Morgan fingerprint density at radius 2 is 1.90 bits per heavy atom. The molecule has 0 radical (unpaired) electrons. The predicted octanol–water partition coefficient (Wildman–Crippen LogP) is 3.77. The van der Waals surface area contributed by atoms with Crippen molar-refractivity contribution in [1.29, 1.82) is 0 Å². The largest absolute Gasteiger partial charge is 0.313 e. The van der Waals surface area contributed by atoms with Crippen molar-refractivity contribution in [3.05, 3.63) is 35.4 Å². The maximum Gasteiger partial charge on any atom is 0.0233 e. The molecule has 1 atom stereocenters. The van der Waals surface area contributed by atoms with Gasteiger partial charge in [-0.05, 0) is 49.4 Å². The first-order valence-corrected chi connectivity index (χ1v) is 8.27. The van der Waals surface area contributed by atoms with Crippen molar-refractivity contribution in [3.8, 4) is 0 Å². The van der Waals surface area contributed by atoms with Gasteiger partial charge in [-0.15, -0.1) is 0 Å². The highest BCUT2D eigenvalue weighted by Gasteiger charge is 2.21. The van der Waals surface area contributed by atoms with Crippen molar-refractivity contribution in [1.82, 2.24) is 10.2 Å². The topological polar surface area (TPSA) is 15.3 Å². The minimum absolute atomic E-state index is 0.613. The van der Waals surface area contributed by atoms with Gasteiger partial charge in [0.1, 0.15) is 0 Å². The third-order valence-electron chi connectivity index (χ3n) is 4.23. The van der Waals surface area contributed by atoms with E-state index >= 15 is 0 Å². The molecule has 1 fully saturated rings. The van der Waals surface area contributed by atoms with Crippen LogP contribution < -0.4 is 5.32 Å². The number of nitrogens with one attached hydrogen (secondary N) is 1. The number of rotatable bonds is 9. The summed E-state index contributed by atoms with van der Waals surface area (Å²) >= 11 is 0. The lowest BCUT2D eigenvalue weighted by molar-refractivity contribution is 0.280. The summed E-state index contributed by atoms with van der Waals surface area (Å²) in [6, 6.07) is 10.1. The van der Waals surface area contributed by atoms with Gasteiger partial charge in [0, 0.05) is 19.1 Å². The molecule has 112 valence electrons. The summed E-state index contributed by atoms with van der Waals surface area (Å²) in [7, 11) is 0. The van der Waals surface area contributed by atoms with E-state index in [4.69, 9.17) is 0 Å². The van der Waals surface area contributed by atoms with Crippen molar-refractivity contribution < 1.29 is 0 Å². The molecule has 0 aromatic heterocycles. The summed E-state index contributed by atoms with van der Waals surface area (Å²) < 4.78 is 0. The second-order valence-corrected chi connectivity index (χ2v) is 6.19. The van der Waals surface area contributed by atoms with Gasteiger partial charge in [-0.2, -0.15) is 0 Å². The minimum atomic E-state index is 0.613. The zero-order chi connectivity index (χ0) is 14.4. The Kier molecular flexibility index (Phi) is 6.06. The molecule has 0 aliphatic heterocycles. The van der Waals surface area contributed by atoms with Gasteiger partial charge in [0.05, 0.1) is 0 Å². The van der Waals surface area contributed by atoms with Crippen LogP contribution in [0.2, 0.25) is 0 Å². The lowest BCUT2D eigenvalue weighted by Gasteiger charge is -2.20. The Balaban J connectivity index is 1.84. The maximum atomic E-state index is 3.62. The Bertz CT molecular complexity index is 381. The number of nitrogens with zero attached hydrogens (tertiary/aromatic N) is 1. The van der Waals surface area contributed by atoms with Crippen LogP contribution in [0, 0.1) is 0 Å². The van der Waals surface area contributed by atoms with Crippen molar-refractivity contribution in [2.45, 2.75) is 58.5 Å². The van der Waals surface area contributed by atoms with Crippen molar-refractivity contribution >= 4 is 0 Å². The van der Waals surface area contributed by atoms with Gasteiger partial charge in [-0.1, -0.05) is 45.0 Å². The van der Waals surface area contributed by atoms with Crippen LogP contribution in [-0.4, -0.2) is 30.6 Å². The standard InChI is InChI=1S/C18H30N2/c1-4-12-20(5-2)14-16-6-8-17(9-7-16)15(3)13-19-18-10-11-18/h6-9,15,18-19H,4-5,10-14H2,1-3H3. The van der Waals surface area contributed by atoms with Crippen LogP contribution in [-0.2, 0) is 6.54 Å². The van der Waals surface area contributed by atoms with Gasteiger partial charge in [0.25, 0.3) is 0 Å². The summed E-state index contributed by atoms with van der Waals surface area (Å²) in [6.45, 7) is 11.3. The normalized spacial score (nSPS) is 16.6. The van der Waals surface area contributed by atoms with Gasteiger partial charge in [0.2, 0.25) is 0 Å². The molecule has 20 heavy (non-hydrogen) atoms. The molecule has 1 unspecified atom stereocenters. The summed E-state index contributed by atoms with van der Waals surface area (Å²) in [6.07, 6.45) is 3.97. The Morgan fingerprint density at radius 1 is 1.20 bits per heavy atom. The molecular weight excluding hydrogens is 244 g/mol. The fourth-order valence-corrected chi connectivity index (χ4v) is 2.62. The van der Waals surface area contributed by atoms with Crippen LogP contribution in [0.4, 0.5) is 0 Å². The number of hydrogen-bond donors (Lipinski definition) is 1. The fourth-order valence-electron chi connectivity index (χ4n) is 2.62. The molecule has 2 heteroatoms. The molecule has 0 heterocycles. The summed E-state index contributed by atoms with van der Waals surface area (Å²) in [4.78, 5) is 2.51. The first-order chi connectivity index (χ1) is 9.72. The Labute approximate surface area is 124 Å². The highest BCUT2D eigenvalue weighted by Crippen LogP contribution is 2.21. The lowest BCUT2D eigenvalue weighted by Crippen LogP contribution is -2.23. The molecule has 2 rings (SSSR count). The van der Waals surface area contributed by atoms with E-state index in [0.717, 1.165) is 25.7 Å². The molecular formula is C18H30N2. The van der Waals surface area contributed by atoms with Crippen LogP contribution >= 0.6 is 0 Å². The Hall–Kier alpha value is -0.860. The van der Waals surface area contributed by atoms with Crippen molar-refractivity contribution in [3.63, 3.8) is 0 Å². The minimum Gasteiger partial charge on any atom is -0.313 e. The zero-order valence-corrected chi connectivity index (χ0v) is 13.4. The highest BCUT2D eigenvalue weighted by molar-refractivity contribution is 5.25. The van der Waals surface area contributed by atoms with Crippen molar-refractivity contribution in [2.75, 3.05) is 19.6 Å². The van der Waals surface area contributed by atoms with Gasteiger partial charge in [-0.3, -0.25) is 4.90 Å². The molecule has 1 aromatic rings. The highest BCUT2D eigenvalue weighted by atomic mass is 15.1. The predicted molar refractivity (Wildman–Crippen MR) is 87.1 cm³/mol. The average molecular weight is 274 g/mol. The fraction of sp³-hybridized carbons (Fsp3) is 0.667. The van der Waals surface area contributed by atoms with Crippen LogP contribution in [0.3, 0.4) is 0 Å². The molecule has 1 N–H and O–H groups in total. The maximum absolute atomic E-state index is 3.62. The molecule has 1 saturated carbocycles. The second-order valence-electron chi connectivity index (χ2n) is 6.19. The lowest BCUT2D eigenvalue weighted by atomic mass is 9.99. The van der Waals surface area contributed by atoms with E-state index in [2.05, 4.69) is 55.3 Å². The number of hydrogen-bond acceptors (Lipinski definition) is 2. The number of benzene rings is 1. The average Bonchev–Trinajstić information content (AvgIpc) is 3.29. The van der Waals surface area contributed by atoms with Gasteiger partial charge < -0.3 is 5.32 Å². The van der Waals surface area contributed by atoms with E-state index < -0.39 is 0 Å². The van der Waals surface area contributed by atoms with Gasteiger partial charge in [0.15, 0.2) is 0 Å². The third kappa shape index (κ3) is 4.92. The molecule has 0 saturated heterocycles. The summed E-state index contributed by atoms with van der Waals surface area (Å²) in [5.74, 6) is 0.613.